The van der Waals surface area contributed by atoms with Crippen LogP contribution in [0.15, 0.2) is 60.7 Å². The zero-order chi connectivity index (χ0) is 30.2. The number of esters is 1. The minimum absolute atomic E-state index is 0.00492. The van der Waals surface area contributed by atoms with Gasteiger partial charge in [0, 0.05) is 18.5 Å². The van der Waals surface area contributed by atoms with E-state index in [1.165, 1.54) is 0 Å². The summed E-state index contributed by atoms with van der Waals surface area (Å²) in [6.07, 6.45) is -2.40. The number of ketones is 1. The Labute approximate surface area is 238 Å². The van der Waals surface area contributed by atoms with Crippen molar-refractivity contribution in [2.45, 2.75) is 64.3 Å². The summed E-state index contributed by atoms with van der Waals surface area (Å²) in [5.74, 6) is -3.15. The average molecular weight is 569 g/mol. The molecule has 1 heterocycles. The van der Waals surface area contributed by atoms with Crippen molar-refractivity contribution in [1.82, 2.24) is 10.2 Å². The number of carbonyl (C=O) groups excluding carboxylic acids is 4. The van der Waals surface area contributed by atoms with Gasteiger partial charge in [0.05, 0.1) is 0 Å². The van der Waals surface area contributed by atoms with Crippen LogP contribution >= 0.6 is 0 Å². The van der Waals surface area contributed by atoms with Crippen LogP contribution in [0.4, 0.5) is 9.59 Å². The molecule has 11 nitrogen and oxygen atoms in total. The van der Waals surface area contributed by atoms with Gasteiger partial charge < -0.3 is 24.6 Å². The molecule has 0 aromatic heterocycles. The van der Waals surface area contributed by atoms with Crippen LogP contribution in [0.3, 0.4) is 0 Å². The summed E-state index contributed by atoms with van der Waals surface area (Å²) in [5, 5.41) is 12.8. The van der Waals surface area contributed by atoms with E-state index in [0.717, 1.165) is 4.90 Å². The van der Waals surface area contributed by atoms with Crippen LogP contribution in [0.2, 0.25) is 0 Å². The number of carbonyl (C=O) groups is 5. The SMILES string of the molecule is C[C@H]1CN(C(=O)OC(C)(C)C)[C@@](C[C@H](NC(=O)OCc2ccccc2)C(=O)OCC(=O)c2ccccc2)(C(=O)O)C1. The van der Waals surface area contributed by atoms with E-state index in [1.807, 2.05) is 0 Å². The molecule has 220 valence electrons. The van der Waals surface area contributed by atoms with Gasteiger partial charge in [0.2, 0.25) is 0 Å². The topological polar surface area (TPSA) is 149 Å². The molecule has 3 rings (SSSR count). The van der Waals surface area contributed by atoms with Crippen molar-refractivity contribution in [3.8, 4) is 0 Å². The molecule has 1 saturated heterocycles. The van der Waals surface area contributed by atoms with Gasteiger partial charge in [0.1, 0.15) is 23.8 Å². The fraction of sp³-hybridized carbons (Fsp3) is 0.433. The van der Waals surface area contributed by atoms with Gasteiger partial charge in [-0.25, -0.2) is 19.2 Å². The number of rotatable bonds is 10. The van der Waals surface area contributed by atoms with Gasteiger partial charge >= 0.3 is 24.1 Å². The Morgan fingerprint density at radius 2 is 1.61 bits per heavy atom. The summed E-state index contributed by atoms with van der Waals surface area (Å²) in [6.45, 7) is 6.06. The first kappa shape index (κ1) is 31.1. The summed E-state index contributed by atoms with van der Waals surface area (Å²) in [7, 11) is 0. The fourth-order valence-corrected chi connectivity index (χ4v) is 4.67. The van der Waals surface area contributed by atoms with Gasteiger partial charge in [-0.15, -0.1) is 0 Å². The number of aliphatic carboxylic acids is 1. The van der Waals surface area contributed by atoms with Gasteiger partial charge in [-0.1, -0.05) is 67.6 Å². The van der Waals surface area contributed by atoms with Gasteiger partial charge in [-0.2, -0.15) is 0 Å². The van der Waals surface area contributed by atoms with Crippen LogP contribution < -0.4 is 5.32 Å². The van der Waals surface area contributed by atoms with Crippen LogP contribution in [0.1, 0.15) is 56.5 Å². The Morgan fingerprint density at radius 3 is 2.20 bits per heavy atom. The third-order valence-corrected chi connectivity index (χ3v) is 6.48. The minimum atomic E-state index is -1.90. The number of nitrogens with zero attached hydrogens (tertiary/aromatic N) is 1. The standard InChI is InChI=1S/C30H36N2O9/c1-20-15-30(26(35)36,32(17-20)28(38)41-29(2,3)4)16-23(31-27(37)40-18-21-11-7-5-8-12-21)25(34)39-19-24(33)22-13-9-6-10-14-22/h5-14,20,23H,15-19H2,1-4H3,(H,31,37)(H,35,36)/t20-,23+,30+/m1/s1. The Hall–Kier alpha value is -4.41. The van der Waals surface area contributed by atoms with E-state index in [0.29, 0.717) is 11.1 Å². The maximum atomic E-state index is 13.3. The molecule has 1 aliphatic heterocycles. The zero-order valence-electron chi connectivity index (χ0n) is 23.6. The third-order valence-electron chi connectivity index (χ3n) is 6.48. The molecule has 2 aromatic rings. The number of carboxylic acids is 1. The third kappa shape index (κ3) is 8.54. The smallest absolute Gasteiger partial charge is 0.411 e. The highest BCUT2D eigenvalue weighted by atomic mass is 16.6. The lowest BCUT2D eigenvalue weighted by Gasteiger charge is -2.37. The minimum Gasteiger partial charge on any atom is -0.479 e. The summed E-state index contributed by atoms with van der Waals surface area (Å²) in [4.78, 5) is 65.5. The monoisotopic (exact) mass is 568 g/mol. The van der Waals surface area contributed by atoms with Crippen LogP contribution in [0.25, 0.3) is 0 Å². The maximum Gasteiger partial charge on any atom is 0.411 e. The number of ether oxygens (including phenoxy) is 3. The van der Waals surface area contributed by atoms with E-state index in [-0.39, 0.29) is 25.5 Å². The summed E-state index contributed by atoms with van der Waals surface area (Å²) < 4.78 is 15.9. The number of hydrogen-bond donors (Lipinski definition) is 2. The molecule has 0 bridgehead atoms. The van der Waals surface area contributed by atoms with Crippen molar-refractivity contribution in [1.29, 1.82) is 0 Å². The van der Waals surface area contributed by atoms with E-state index in [2.05, 4.69) is 5.32 Å². The molecule has 41 heavy (non-hydrogen) atoms. The van der Waals surface area contributed by atoms with Crippen molar-refractivity contribution in [3.05, 3.63) is 71.8 Å². The molecule has 11 heteroatoms. The molecule has 0 saturated carbocycles. The van der Waals surface area contributed by atoms with Crippen molar-refractivity contribution in [2.75, 3.05) is 13.2 Å². The lowest BCUT2D eigenvalue weighted by Crippen LogP contribution is -2.59. The molecule has 0 aliphatic carbocycles. The molecule has 2 amide bonds. The lowest BCUT2D eigenvalue weighted by molar-refractivity contribution is -0.153. The Bertz CT molecular complexity index is 1240. The van der Waals surface area contributed by atoms with E-state index < -0.39 is 60.1 Å². The van der Waals surface area contributed by atoms with Crippen LogP contribution in [-0.2, 0) is 30.4 Å². The Kier molecular flexibility index (Phi) is 10.1. The predicted octanol–water partition coefficient (Wildman–Crippen LogP) is 4.20. The maximum absolute atomic E-state index is 13.3. The fourth-order valence-electron chi connectivity index (χ4n) is 4.67. The van der Waals surface area contributed by atoms with Crippen LogP contribution in [-0.4, -0.2) is 70.2 Å². The molecule has 2 aromatic carbocycles. The van der Waals surface area contributed by atoms with Crippen LogP contribution in [0.5, 0.6) is 0 Å². The number of nitrogens with one attached hydrogen (secondary N) is 1. The molecule has 2 N–H and O–H groups in total. The molecular formula is C30H36N2O9. The number of Topliss-reactive ketones (excluding diaryl/α,β-unsaturated/α-hetero) is 1. The van der Waals surface area contributed by atoms with Gasteiger partial charge in [0.15, 0.2) is 12.4 Å². The number of benzene rings is 2. The summed E-state index contributed by atoms with van der Waals surface area (Å²) in [6, 6.07) is 15.4. The number of carboxylic acid groups (broad SMARTS) is 1. The summed E-state index contributed by atoms with van der Waals surface area (Å²) in [5.41, 5.74) is -1.79. The van der Waals surface area contributed by atoms with Crippen molar-refractivity contribution < 1.29 is 43.3 Å². The van der Waals surface area contributed by atoms with Crippen molar-refractivity contribution >= 4 is 29.9 Å². The summed E-state index contributed by atoms with van der Waals surface area (Å²) >= 11 is 0. The van der Waals surface area contributed by atoms with Gasteiger partial charge in [-0.3, -0.25) is 9.69 Å². The number of hydrogen-bond acceptors (Lipinski definition) is 8. The highest BCUT2D eigenvalue weighted by Gasteiger charge is 2.55. The van der Waals surface area contributed by atoms with Crippen LogP contribution in [0, 0.1) is 5.92 Å². The Balaban J connectivity index is 1.84. The first-order chi connectivity index (χ1) is 19.3. The largest absolute Gasteiger partial charge is 0.479 e. The molecule has 1 aliphatic rings. The Morgan fingerprint density at radius 1 is 1.00 bits per heavy atom. The van der Waals surface area contributed by atoms with Gasteiger partial charge in [-0.05, 0) is 38.7 Å². The first-order valence-electron chi connectivity index (χ1n) is 13.3. The quantitative estimate of drug-likeness (QED) is 0.244. The molecule has 0 spiro atoms. The molecule has 0 radical (unpaired) electrons. The normalized spacial score (nSPS) is 19.1. The van der Waals surface area contributed by atoms with Crippen molar-refractivity contribution in [2.24, 2.45) is 5.92 Å². The molecule has 1 fully saturated rings. The predicted molar refractivity (Wildman–Crippen MR) is 147 cm³/mol. The van der Waals surface area contributed by atoms with Gasteiger partial charge in [0.25, 0.3) is 0 Å². The molecule has 0 unspecified atom stereocenters. The number of amides is 2. The van der Waals surface area contributed by atoms with E-state index in [9.17, 15) is 29.1 Å². The number of alkyl carbamates (subject to hydrolysis) is 1. The zero-order valence-corrected chi connectivity index (χ0v) is 23.6. The second-order valence-electron chi connectivity index (χ2n) is 11.1. The van der Waals surface area contributed by atoms with E-state index in [1.54, 1.807) is 88.4 Å². The van der Waals surface area contributed by atoms with E-state index in [4.69, 9.17) is 14.2 Å². The van der Waals surface area contributed by atoms with Crippen molar-refractivity contribution in [3.63, 3.8) is 0 Å². The molecule has 3 atom stereocenters. The second-order valence-corrected chi connectivity index (χ2v) is 11.1. The first-order valence-corrected chi connectivity index (χ1v) is 13.3. The van der Waals surface area contributed by atoms with E-state index >= 15 is 0 Å². The highest BCUT2D eigenvalue weighted by Crippen LogP contribution is 2.38. The average Bonchev–Trinajstić information content (AvgIpc) is 3.27. The lowest BCUT2D eigenvalue weighted by atomic mass is 9.86. The second kappa shape index (κ2) is 13.3. The molecular weight excluding hydrogens is 532 g/mol. The number of likely N-dealkylation sites (tertiary alicyclic amines) is 1. The highest BCUT2D eigenvalue weighted by molar-refractivity contribution is 5.98.